The summed E-state index contributed by atoms with van der Waals surface area (Å²) in [5.41, 5.74) is 2.04. The summed E-state index contributed by atoms with van der Waals surface area (Å²) in [5, 5.41) is 10.5. The van der Waals surface area contributed by atoms with E-state index in [9.17, 15) is 4.79 Å². The van der Waals surface area contributed by atoms with Crippen molar-refractivity contribution in [2.24, 2.45) is 7.05 Å². The molecule has 1 atom stereocenters. The van der Waals surface area contributed by atoms with Crippen LogP contribution in [0.2, 0.25) is 0 Å². The fraction of sp³-hybridized carbons (Fsp3) is 0.636. The Balaban J connectivity index is 1.99. The summed E-state index contributed by atoms with van der Waals surface area (Å²) in [5.74, 6) is 0.103. The van der Waals surface area contributed by atoms with Gasteiger partial charge in [-0.3, -0.25) is 9.48 Å². The topological polar surface area (TPSA) is 59.0 Å². The summed E-state index contributed by atoms with van der Waals surface area (Å²) >= 11 is 3.52. The number of aromatic nitrogens is 2. The summed E-state index contributed by atoms with van der Waals surface area (Å²) in [6.45, 7) is 3.41. The van der Waals surface area contributed by atoms with Gasteiger partial charge in [0.05, 0.1) is 21.9 Å². The molecule has 1 aromatic heterocycles. The van der Waals surface area contributed by atoms with Crippen LogP contribution in [0.4, 0.5) is 0 Å². The number of carbonyl (C=O) groups excluding carboxylic acids is 1. The maximum Gasteiger partial charge on any atom is 0.237 e. The first-order valence-electron chi connectivity index (χ1n) is 5.78. The molecule has 1 amide bonds. The van der Waals surface area contributed by atoms with Crippen molar-refractivity contribution in [1.82, 2.24) is 20.4 Å². The zero-order valence-corrected chi connectivity index (χ0v) is 11.7. The van der Waals surface area contributed by atoms with Crippen LogP contribution in [0.15, 0.2) is 4.47 Å². The molecular formula is C11H17BrN4O. The van der Waals surface area contributed by atoms with Crippen molar-refractivity contribution in [3.05, 3.63) is 15.9 Å². The summed E-state index contributed by atoms with van der Waals surface area (Å²) in [4.78, 5) is 11.6. The predicted octanol–water partition coefficient (Wildman–Crippen LogP) is 0.859. The van der Waals surface area contributed by atoms with Crippen molar-refractivity contribution < 1.29 is 4.79 Å². The Morgan fingerprint density at radius 3 is 3.00 bits per heavy atom. The van der Waals surface area contributed by atoms with Crippen LogP contribution in [0.5, 0.6) is 0 Å². The third-order valence-corrected chi connectivity index (χ3v) is 4.09. The highest BCUT2D eigenvalue weighted by Crippen LogP contribution is 2.20. The number of rotatable bonds is 3. The molecule has 0 aromatic carbocycles. The van der Waals surface area contributed by atoms with Crippen LogP contribution in [0.25, 0.3) is 0 Å². The van der Waals surface area contributed by atoms with Gasteiger partial charge in [0.1, 0.15) is 0 Å². The lowest BCUT2D eigenvalue weighted by Crippen LogP contribution is -2.48. The van der Waals surface area contributed by atoms with Crippen molar-refractivity contribution in [2.45, 2.75) is 32.4 Å². The van der Waals surface area contributed by atoms with Gasteiger partial charge in [0.15, 0.2) is 0 Å². The molecule has 0 bridgehead atoms. The third-order valence-electron chi connectivity index (χ3n) is 3.06. The molecular weight excluding hydrogens is 284 g/mol. The molecule has 1 aliphatic heterocycles. The molecule has 1 unspecified atom stereocenters. The van der Waals surface area contributed by atoms with Crippen LogP contribution in [0.1, 0.15) is 24.2 Å². The highest BCUT2D eigenvalue weighted by Gasteiger charge is 2.22. The molecule has 94 valence electrons. The van der Waals surface area contributed by atoms with Gasteiger partial charge in [-0.1, -0.05) is 0 Å². The number of nitrogens with zero attached hydrogens (tertiary/aromatic N) is 2. The van der Waals surface area contributed by atoms with E-state index in [0.29, 0.717) is 6.54 Å². The van der Waals surface area contributed by atoms with Gasteiger partial charge in [0, 0.05) is 20.1 Å². The molecule has 6 heteroatoms. The van der Waals surface area contributed by atoms with Crippen LogP contribution in [0, 0.1) is 6.92 Å². The minimum Gasteiger partial charge on any atom is -0.355 e. The summed E-state index contributed by atoms with van der Waals surface area (Å²) in [6.07, 6.45) is 1.94. The van der Waals surface area contributed by atoms with E-state index in [1.165, 1.54) is 0 Å². The zero-order valence-electron chi connectivity index (χ0n) is 10.1. The number of hydrogen-bond acceptors (Lipinski definition) is 3. The number of halogens is 1. The molecule has 17 heavy (non-hydrogen) atoms. The van der Waals surface area contributed by atoms with Gasteiger partial charge in [0.25, 0.3) is 0 Å². The molecule has 2 N–H and O–H groups in total. The molecule has 1 aromatic rings. The molecule has 1 fully saturated rings. The molecule has 0 aliphatic carbocycles. The quantitative estimate of drug-likeness (QED) is 0.870. The Labute approximate surface area is 109 Å². The standard InChI is InChI=1S/C11H17BrN4O/c1-7-10(12)9(16(2)15-7)6-14-8-4-3-5-13-11(8)17/h8,14H,3-6H2,1-2H3,(H,13,17). The second-order valence-corrected chi connectivity index (χ2v) is 5.13. The van der Waals surface area contributed by atoms with Gasteiger partial charge in [-0.2, -0.15) is 5.10 Å². The van der Waals surface area contributed by atoms with Crippen molar-refractivity contribution in [3.63, 3.8) is 0 Å². The normalized spacial score (nSPS) is 20.4. The van der Waals surface area contributed by atoms with Crippen LogP contribution in [-0.4, -0.2) is 28.3 Å². The molecule has 0 spiro atoms. The van der Waals surface area contributed by atoms with Gasteiger partial charge < -0.3 is 10.6 Å². The van der Waals surface area contributed by atoms with Gasteiger partial charge in [-0.05, 0) is 35.7 Å². The minimum absolute atomic E-state index is 0.0779. The van der Waals surface area contributed by atoms with Crippen molar-refractivity contribution >= 4 is 21.8 Å². The molecule has 5 nitrogen and oxygen atoms in total. The largest absolute Gasteiger partial charge is 0.355 e. The van der Waals surface area contributed by atoms with Crippen molar-refractivity contribution in [2.75, 3.05) is 6.54 Å². The summed E-state index contributed by atoms with van der Waals surface area (Å²) in [6, 6.07) is -0.0779. The first kappa shape index (κ1) is 12.6. The van der Waals surface area contributed by atoms with Gasteiger partial charge in [-0.15, -0.1) is 0 Å². The van der Waals surface area contributed by atoms with E-state index in [1.807, 2.05) is 18.7 Å². The second-order valence-electron chi connectivity index (χ2n) is 4.34. The van der Waals surface area contributed by atoms with E-state index < -0.39 is 0 Å². The van der Waals surface area contributed by atoms with E-state index in [0.717, 1.165) is 35.2 Å². The number of hydrogen-bond donors (Lipinski definition) is 2. The maximum atomic E-state index is 11.6. The Bertz CT molecular complexity index is 429. The molecule has 0 saturated carbocycles. The molecule has 1 saturated heterocycles. The molecule has 2 heterocycles. The Hall–Kier alpha value is -0.880. The van der Waals surface area contributed by atoms with Crippen LogP contribution in [-0.2, 0) is 18.4 Å². The first-order valence-corrected chi connectivity index (χ1v) is 6.58. The van der Waals surface area contributed by atoms with Crippen molar-refractivity contribution in [1.29, 1.82) is 0 Å². The van der Waals surface area contributed by atoms with E-state index >= 15 is 0 Å². The lowest BCUT2D eigenvalue weighted by Gasteiger charge is -2.22. The van der Waals surface area contributed by atoms with Crippen LogP contribution < -0.4 is 10.6 Å². The lowest BCUT2D eigenvalue weighted by molar-refractivity contribution is -0.124. The van der Waals surface area contributed by atoms with E-state index in [-0.39, 0.29) is 11.9 Å². The zero-order chi connectivity index (χ0) is 12.4. The maximum absolute atomic E-state index is 11.6. The molecule has 2 rings (SSSR count). The smallest absolute Gasteiger partial charge is 0.237 e. The highest BCUT2D eigenvalue weighted by molar-refractivity contribution is 9.10. The highest BCUT2D eigenvalue weighted by atomic mass is 79.9. The summed E-state index contributed by atoms with van der Waals surface area (Å²) < 4.78 is 2.86. The number of amides is 1. The summed E-state index contributed by atoms with van der Waals surface area (Å²) in [7, 11) is 1.91. The van der Waals surface area contributed by atoms with E-state index in [4.69, 9.17) is 0 Å². The fourth-order valence-electron chi connectivity index (χ4n) is 2.06. The Morgan fingerprint density at radius 2 is 2.41 bits per heavy atom. The lowest BCUT2D eigenvalue weighted by atomic mass is 10.1. The Morgan fingerprint density at radius 1 is 1.65 bits per heavy atom. The van der Waals surface area contributed by atoms with Gasteiger partial charge in [-0.25, -0.2) is 0 Å². The molecule has 0 radical (unpaired) electrons. The van der Waals surface area contributed by atoms with E-state index in [1.54, 1.807) is 0 Å². The predicted molar refractivity (Wildman–Crippen MR) is 68.5 cm³/mol. The Kier molecular flexibility index (Phi) is 3.83. The van der Waals surface area contributed by atoms with Crippen molar-refractivity contribution in [3.8, 4) is 0 Å². The van der Waals surface area contributed by atoms with Crippen LogP contribution >= 0.6 is 15.9 Å². The number of carbonyl (C=O) groups is 1. The number of nitrogens with one attached hydrogen (secondary N) is 2. The van der Waals surface area contributed by atoms with Gasteiger partial charge in [0.2, 0.25) is 5.91 Å². The van der Waals surface area contributed by atoms with Gasteiger partial charge >= 0.3 is 0 Å². The average molecular weight is 301 g/mol. The number of aryl methyl sites for hydroxylation is 2. The second kappa shape index (κ2) is 5.18. The third kappa shape index (κ3) is 2.69. The van der Waals surface area contributed by atoms with Crippen LogP contribution in [0.3, 0.4) is 0 Å². The SMILES string of the molecule is Cc1nn(C)c(CNC2CCCNC2=O)c1Br. The van der Waals surface area contributed by atoms with E-state index in [2.05, 4.69) is 31.7 Å². The number of piperidine rings is 1. The first-order chi connectivity index (χ1) is 8.09. The monoisotopic (exact) mass is 300 g/mol. The minimum atomic E-state index is -0.0779. The fourth-order valence-corrected chi connectivity index (χ4v) is 2.53. The molecule has 1 aliphatic rings. The average Bonchev–Trinajstić information content (AvgIpc) is 2.53.